The third kappa shape index (κ3) is 1.96. The second-order valence-corrected chi connectivity index (χ2v) is 4.16. The summed E-state index contributed by atoms with van der Waals surface area (Å²) in [6, 6.07) is 3.75. The molecule has 1 aliphatic heterocycles. The van der Waals surface area contributed by atoms with Crippen molar-refractivity contribution in [3.8, 4) is 0 Å². The van der Waals surface area contributed by atoms with Gasteiger partial charge < -0.3 is 10.5 Å². The molecule has 3 heterocycles. The molecule has 3 rings (SSSR count). The molecular weight excluding hydrogens is 218 g/mol. The molecule has 0 spiro atoms. The van der Waals surface area contributed by atoms with Gasteiger partial charge in [0.1, 0.15) is 0 Å². The van der Waals surface area contributed by atoms with Crippen LogP contribution in [0.25, 0.3) is 5.65 Å². The van der Waals surface area contributed by atoms with Crippen LogP contribution in [0.4, 0.5) is 5.69 Å². The molecule has 0 radical (unpaired) electrons. The summed E-state index contributed by atoms with van der Waals surface area (Å²) in [7, 11) is 0. The normalized spacial score (nSPS) is 17.6. The molecule has 0 aliphatic carbocycles. The van der Waals surface area contributed by atoms with Crippen molar-refractivity contribution in [3.63, 3.8) is 0 Å². The van der Waals surface area contributed by atoms with E-state index in [9.17, 15) is 0 Å². The van der Waals surface area contributed by atoms with E-state index in [-0.39, 0.29) is 0 Å². The molecule has 2 N–H and O–H groups in total. The van der Waals surface area contributed by atoms with Crippen molar-refractivity contribution < 1.29 is 4.74 Å². The lowest BCUT2D eigenvalue weighted by Crippen LogP contribution is -2.36. The van der Waals surface area contributed by atoms with Crippen LogP contribution in [-0.4, -0.2) is 45.8 Å². The molecule has 0 atom stereocenters. The minimum absolute atomic E-state index is 0.660. The number of pyridine rings is 1. The minimum atomic E-state index is 0.660. The van der Waals surface area contributed by atoms with Crippen molar-refractivity contribution in [2.75, 3.05) is 32.0 Å². The Morgan fingerprint density at radius 2 is 2.12 bits per heavy atom. The first kappa shape index (κ1) is 10.5. The molecule has 1 fully saturated rings. The fourth-order valence-corrected chi connectivity index (χ4v) is 2.05. The van der Waals surface area contributed by atoms with Gasteiger partial charge in [0, 0.05) is 19.3 Å². The molecular formula is C11H15N5O. The van der Waals surface area contributed by atoms with E-state index in [1.165, 1.54) is 0 Å². The quantitative estimate of drug-likeness (QED) is 0.799. The van der Waals surface area contributed by atoms with E-state index in [1.54, 1.807) is 0 Å². The number of anilines is 1. The average molecular weight is 233 g/mol. The van der Waals surface area contributed by atoms with E-state index in [2.05, 4.69) is 15.1 Å². The summed E-state index contributed by atoms with van der Waals surface area (Å²) < 4.78 is 7.27. The van der Waals surface area contributed by atoms with Crippen LogP contribution in [0.5, 0.6) is 0 Å². The van der Waals surface area contributed by atoms with Gasteiger partial charge in [-0.1, -0.05) is 0 Å². The van der Waals surface area contributed by atoms with Gasteiger partial charge in [-0.25, -0.2) is 0 Å². The van der Waals surface area contributed by atoms with E-state index >= 15 is 0 Å². The van der Waals surface area contributed by atoms with E-state index in [1.807, 2.05) is 22.7 Å². The van der Waals surface area contributed by atoms with Crippen LogP contribution >= 0.6 is 0 Å². The number of hydrogen-bond acceptors (Lipinski definition) is 5. The zero-order chi connectivity index (χ0) is 11.7. The number of ether oxygens (including phenoxy) is 1. The Kier molecular flexibility index (Phi) is 2.66. The number of aromatic nitrogens is 3. The highest BCUT2D eigenvalue weighted by Crippen LogP contribution is 2.13. The average Bonchev–Trinajstić information content (AvgIpc) is 2.76. The van der Waals surface area contributed by atoms with Crippen LogP contribution < -0.4 is 5.73 Å². The maximum atomic E-state index is 5.85. The summed E-state index contributed by atoms with van der Waals surface area (Å²) >= 11 is 0. The topological polar surface area (TPSA) is 68.7 Å². The molecule has 1 aliphatic rings. The van der Waals surface area contributed by atoms with Crippen LogP contribution in [0.1, 0.15) is 5.82 Å². The first-order chi connectivity index (χ1) is 8.34. The lowest BCUT2D eigenvalue weighted by Gasteiger charge is -2.25. The van der Waals surface area contributed by atoms with Gasteiger partial charge in [0.05, 0.1) is 25.4 Å². The van der Waals surface area contributed by atoms with Crippen LogP contribution in [-0.2, 0) is 11.3 Å². The summed E-state index contributed by atoms with van der Waals surface area (Å²) in [5.74, 6) is 0.925. The van der Waals surface area contributed by atoms with Crippen molar-refractivity contribution >= 4 is 11.3 Å². The third-order valence-corrected chi connectivity index (χ3v) is 3.00. The van der Waals surface area contributed by atoms with Gasteiger partial charge in [-0.3, -0.25) is 9.30 Å². The lowest BCUT2D eigenvalue weighted by atomic mass is 10.4. The zero-order valence-corrected chi connectivity index (χ0v) is 9.54. The van der Waals surface area contributed by atoms with Gasteiger partial charge in [-0.2, -0.15) is 0 Å². The Hall–Kier alpha value is -1.66. The SMILES string of the molecule is Nc1cccn2c(CN3CCOCC3)nnc12. The Morgan fingerprint density at radius 3 is 2.94 bits per heavy atom. The summed E-state index contributed by atoms with van der Waals surface area (Å²) in [4.78, 5) is 2.31. The molecule has 0 amide bonds. The van der Waals surface area contributed by atoms with Gasteiger partial charge in [0.15, 0.2) is 11.5 Å². The molecule has 0 aromatic carbocycles. The van der Waals surface area contributed by atoms with Crippen LogP contribution in [0.15, 0.2) is 18.3 Å². The maximum Gasteiger partial charge on any atom is 0.184 e. The molecule has 1 saturated heterocycles. The largest absolute Gasteiger partial charge is 0.396 e. The third-order valence-electron chi connectivity index (χ3n) is 3.00. The summed E-state index contributed by atoms with van der Waals surface area (Å²) in [5.41, 5.74) is 7.24. The molecule has 2 aromatic heterocycles. The zero-order valence-electron chi connectivity index (χ0n) is 9.54. The predicted molar refractivity (Wildman–Crippen MR) is 63.5 cm³/mol. The first-order valence-electron chi connectivity index (χ1n) is 5.73. The Labute approximate surface area is 99.0 Å². The summed E-state index contributed by atoms with van der Waals surface area (Å²) in [6.45, 7) is 4.25. The van der Waals surface area contributed by atoms with Gasteiger partial charge >= 0.3 is 0 Å². The van der Waals surface area contributed by atoms with E-state index in [0.29, 0.717) is 5.69 Å². The number of fused-ring (bicyclic) bond motifs is 1. The van der Waals surface area contributed by atoms with Crippen molar-refractivity contribution in [1.29, 1.82) is 0 Å². The van der Waals surface area contributed by atoms with Gasteiger partial charge in [-0.05, 0) is 12.1 Å². The van der Waals surface area contributed by atoms with Gasteiger partial charge in [0.2, 0.25) is 0 Å². The second kappa shape index (κ2) is 4.31. The molecule has 6 heteroatoms. The molecule has 0 bridgehead atoms. The Morgan fingerprint density at radius 1 is 1.29 bits per heavy atom. The highest BCUT2D eigenvalue weighted by molar-refractivity contribution is 5.63. The number of morpholine rings is 1. The summed E-state index contributed by atoms with van der Waals surface area (Å²) in [5, 5.41) is 8.31. The molecule has 0 saturated carbocycles. The highest BCUT2D eigenvalue weighted by Gasteiger charge is 2.14. The second-order valence-electron chi connectivity index (χ2n) is 4.16. The molecule has 0 unspecified atom stereocenters. The standard InChI is InChI=1S/C11H15N5O/c12-9-2-1-3-16-10(13-14-11(9)16)8-15-4-6-17-7-5-15/h1-3H,4-8,12H2. The van der Waals surface area contributed by atoms with Gasteiger partial charge in [-0.15, -0.1) is 10.2 Å². The number of nitrogen functional groups attached to an aromatic ring is 1. The van der Waals surface area contributed by atoms with Crippen LogP contribution in [0, 0.1) is 0 Å². The number of nitrogens with two attached hydrogens (primary N) is 1. The first-order valence-corrected chi connectivity index (χ1v) is 5.73. The van der Waals surface area contributed by atoms with E-state index in [0.717, 1.165) is 44.3 Å². The minimum Gasteiger partial charge on any atom is -0.396 e. The number of nitrogens with zero attached hydrogens (tertiary/aromatic N) is 4. The van der Waals surface area contributed by atoms with E-state index in [4.69, 9.17) is 10.5 Å². The molecule has 6 nitrogen and oxygen atoms in total. The van der Waals surface area contributed by atoms with Crippen molar-refractivity contribution in [1.82, 2.24) is 19.5 Å². The highest BCUT2D eigenvalue weighted by atomic mass is 16.5. The van der Waals surface area contributed by atoms with Crippen molar-refractivity contribution in [2.45, 2.75) is 6.54 Å². The monoisotopic (exact) mass is 233 g/mol. The van der Waals surface area contributed by atoms with Crippen LogP contribution in [0.2, 0.25) is 0 Å². The Bertz CT molecular complexity index is 518. The molecule has 2 aromatic rings. The fraction of sp³-hybridized carbons (Fsp3) is 0.455. The maximum absolute atomic E-state index is 5.85. The van der Waals surface area contributed by atoms with Crippen molar-refractivity contribution in [2.24, 2.45) is 0 Å². The predicted octanol–water partition coefficient (Wildman–Crippen LogP) is 0.144. The fourth-order valence-electron chi connectivity index (χ4n) is 2.05. The lowest BCUT2D eigenvalue weighted by molar-refractivity contribution is 0.0329. The van der Waals surface area contributed by atoms with E-state index < -0.39 is 0 Å². The van der Waals surface area contributed by atoms with Crippen LogP contribution in [0.3, 0.4) is 0 Å². The van der Waals surface area contributed by atoms with Crippen molar-refractivity contribution in [3.05, 3.63) is 24.2 Å². The van der Waals surface area contributed by atoms with Gasteiger partial charge in [0.25, 0.3) is 0 Å². The summed E-state index contributed by atoms with van der Waals surface area (Å²) in [6.07, 6.45) is 1.95. The Balaban J connectivity index is 1.87. The molecule has 90 valence electrons. The number of hydrogen-bond donors (Lipinski definition) is 1. The number of rotatable bonds is 2. The molecule has 17 heavy (non-hydrogen) atoms. The smallest absolute Gasteiger partial charge is 0.184 e.